The average molecular weight is 604 g/mol. The second-order valence-electron chi connectivity index (χ2n) is 15.7. The number of imidazole rings is 1. The summed E-state index contributed by atoms with van der Waals surface area (Å²) in [4.78, 5) is 19.8. The van der Waals surface area contributed by atoms with Gasteiger partial charge in [-0.3, -0.25) is 0 Å². The number of aromatic nitrogens is 2. The molecule has 11 heteroatoms. The maximum Gasteiger partial charge on any atom is 0.497 e. The van der Waals surface area contributed by atoms with Gasteiger partial charge in [0.25, 0.3) is 0 Å². The highest BCUT2D eigenvalue weighted by Gasteiger charge is 2.52. The Labute approximate surface area is 252 Å². The number of carbonyl (C=O) groups is 1. The summed E-state index contributed by atoms with van der Waals surface area (Å²) in [5.41, 5.74) is 0.0982. The van der Waals surface area contributed by atoms with Gasteiger partial charge in [0.05, 0.1) is 47.8 Å². The Hall–Kier alpha value is -1.95. The van der Waals surface area contributed by atoms with E-state index in [-0.39, 0.29) is 17.2 Å². The molecule has 0 radical (unpaired) electrons. The van der Waals surface area contributed by atoms with Crippen LogP contribution in [0.2, 0.25) is 18.1 Å². The third kappa shape index (κ3) is 7.39. The molecule has 1 amide bonds. The van der Waals surface area contributed by atoms with E-state index >= 15 is 0 Å². The number of hydrogen-bond acceptors (Lipinski definition) is 6. The molecule has 8 nitrogen and oxygen atoms in total. The molecule has 1 saturated heterocycles. The van der Waals surface area contributed by atoms with Gasteiger partial charge >= 0.3 is 13.2 Å². The lowest BCUT2D eigenvalue weighted by atomic mass is 9.78. The smallest absolute Gasteiger partial charge is 0.444 e. The second kappa shape index (κ2) is 11.2. The van der Waals surface area contributed by atoms with Crippen molar-refractivity contribution in [1.82, 2.24) is 14.5 Å². The van der Waals surface area contributed by atoms with Gasteiger partial charge in [-0.2, -0.15) is 0 Å². The number of fused-ring (bicyclic) bond motifs is 1. The monoisotopic (exact) mass is 603 g/mol. The summed E-state index contributed by atoms with van der Waals surface area (Å²) >= 11 is 0. The van der Waals surface area contributed by atoms with Gasteiger partial charge in [0.1, 0.15) is 11.4 Å². The quantitative estimate of drug-likeness (QED) is 0.304. The van der Waals surface area contributed by atoms with E-state index in [9.17, 15) is 9.18 Å². The summed E-state index contributed by atoms with van der Waals surface area (Å²) in [7, 11) is -3.00. The van der Waals surface area contributed by atoms with Gasteiger partial charge in [-0.15, -0.1) is 0 Å². The summed E-state index contributed by atoms with van der Waals surface area (Å²) in [6, 6.07) is 2.91. The summed E-state index contributed by atoms with van der Waals surface area (Å²) in [6.45, 7) is 26.1. The highest BCUT2D eigenvalue weighted by molar-refractivity contribution is 6.74. The molecule has 1 unspecified atom stereocenters. The molecule has 1 aliphatic carbocycles. The van der Waals surface area contributed by atoms with Crippen LogP contribution in [0.4, 0.5) is 9.18 Å². The van der Waals surface area contributed by atoms with E-state index in [2.05, 4.69) is 38.8 Å². The first-order valence-corrected chi connectivity index (χ1v) is 18.1. The molecule has 2 heterocycles. The van der Waals surface area contributed by atoms with E-state index in [1.807, 2.05) is 57.9 Å². The molecule has 1 aromatic heterocycles. The van der Waals surface area contributed by atoms with E-state index in [0.717, 1.165) is 18.4 Å². The van der Waals surface area contributed by atoms with Gasteiger partial charge in [0.15, 0.2) is 8.32 Å². The van der Waals surface area contributed by atoms with Crippen LogP contribution in [0.25, 0.3) is 11.0 Å². The molecule has 1 aromatic carbocycles. The standard InChI is InChI=1S/C31H51BFN3O5Si/c1-28(2,3)38-27(37)35(17-21-13-14-21)18-23(39-42(11,12)29(4,5)6)19-36-20-34-25-16-22(33)15-24(26(25)36)32-40-30(7,8)31(9,10)41-32/h15-16,20-21,23H,13-14,17-19H2,1-12H3. The van der Waals surface area contributed by atoms with E-state index in [4.69, 9.17) is 18.5 Å². The van der Waals surface area contributed by atoms with Crippen molar-refractivity contribution in [3.8, 4) is 0 Å². The highest BCUT2D eigenvalue weighted by atomic mass is 28.4. The number of halogens is 1. The van der Waals surface area contributed by atoms with Crippen molar-refractivity contribution in [2.45, 2.75) is 130 Å². The number of benzene rings is 1. The van der Waals surface area contributed by atoms with Crippen LogP contribution in [0, 0.1) is 11.7 Å². The Morgan fingerprint density at radius 1 is 1.14 bits per heavy atom. The van der Waals surface area contributed by atoms with Crippen LogP contribution < -0.4 is 5.46 Å². The minimum absolute atomic E-state index is 0.0352. The maximum atomic E-state index is 14.8. The molecular weight excluding hydrogens is 552 g/mol. The minimum Gasteiger partial charge on any atom is -0.444 e. The van der Waals surface area contributed by atoms with E-state index in [1.165, 1.54) is 12.1 Å². The van der Waals surface area contributed by atoms with Crippen molar-refractivity contribution in [2.75, 3.05) is 13.1 Å². The Bertz CT molecular complexity index is 1280. The summed E-state index contributed by atoms with van der Waals surface area (Å²) in [5, 5.41) is -0.0352. The molecule has 234 valence electrons. The molecule has 1 saturated carbocycles. The van der Waals surface area contributed by atoms with Crippen LogP contribution in [0.15, 0.2) is 18.5 Å². The van der Waals surface area contributed by atoms with Gasteiger partial charge in [-0.05, 0) is 91.4 Å². The Kier molecular flexibility index (Phi) is 8.79. The maximum absolute atomic E-state index is 14.8. The molecule has 2 fully saturated rings. The Balaban J connectivity index is 1.72. The third-order valence-corrected chi connectivity index (χ3v) is 13.7. The van der Waals surface area contributed by atoms with E-state index in [0.29, 0.717) is 36.5 Å². The van der Waals surface area contributed by atoms with Gasteiger partial charge in [0.2, 0.25) is 0 Å². The molecule has 2 aromatic rings. The van der Waals surface area contributed by atoms with Crippen LogP contribution >= 0.6 is 0 Å². The van der Waals surface area contributed by atoms with E-state index in [1.54, 1.807) is 6.33 Å². The summed E-state index contributed by atoms with van der Waals surface area (Å²) < 4.78 is 42.3. The van der Waals surface area contributed by atoms with Crippen molar-refractivity contribution in [3.63, 3.8) is 0 Å². The van der Waals surface area contributed by atoms with Crippen molar-refractivity contribution in [2.24, 2.45) is 5.92 Å². The van der Waals surface area contributed by atoms with Gasteiger partial charge in [0, 0.05) is 18.1 Å². The molecular formula is C31H51BFN3O5Si. The van der Waals surface area contributed by atoms with E-state index < -0.39 is 38.1 Å². The minimum atomic E-state index is -2.25. The van der Waals surface area contributed by atoms with Crippen LogP contribution in [0.1, 0.15) is 82.1 Å². The van der Waals surface area contributed by atoms with Gasteiger partial charge in [-0.25, -0.2) is 14.2 Å². The summed E-state index contributed by atoms with van der Waals surface area (Å²) in [6.07, 6.45) is 3.28. The normalized spacial score (nSPS) is 19.8. The lowest BCUT2D eigenvalue weighted by molar-refractivity contribution is 0.00578. The predicted octanol–water partition coefficient (Wildman–Crippen LogP) is 6.51. The fourth-order valence-corrected chi connectivity index (χ4v) is 6.18. The molecule has 4 rings (SSSR count). The van der Waals surface area contributed by atoms with Crippen LogP contribution in [-0.4, -0.2) is 72.0 Å². The zero-order valence-electron chi connectivity index (χ0n) is 27.8. The summed E-state index contributed by atoms with van der Waals surface area (Å²) in [5.74, 6) is 0.0881. The fraction of sp³-hybridized carbons (Fsp3) is 0.742. The van der Waals surface area contributed by atoms with Crippen LogP contribution in [-0.2, 0) is 25.0 Å². The largest absolute Gasteiger partial charge is 0.497 e. The second-order valence-corrected chi connectivity index (χ2v) is 20.4. The van der Waals surface area contributed by atoms with Gasteiger partial charge in [-0.1, -0.05) is 20.8 Å². The first-order chi connectivity index (χ1) is 19.1. The number of nitrogens with zero attached hydrogens (tertiary/aromatic N) is 3. The number of carbonyl (C=O) groups excluding carboxylic acids is 1. The number of amides is 1. The molecule has 0 N–H and O–H groups in total. The van der Waals surface area contributed by atoms with Crippen molar-refractivity contribution >= 4 is 38.0 Å². The number of rotatable bonds is 9. The topological polar surface area (TPSA) is 75.1 Å². The fourth-order valence-electron chi connectivity index (χ4n) is 4.85. The lowest BCUT2D eigenvalue weighted by Crippen LogP contribution is -2.50. The molecule has 0 spiro atoms. The third-order valence-electron chi connectivity index (χ3n) is 9.13. The number of ether oxygens (including phenoxy) is 1. The Morgan fingerprint density at radius 2 is 1.74 bits per heavy atom. The van der Waals surface area contributed by atoms with Gasteiger partial charge < -0.3 is 27.9 Å². The highest BCUT2D eigenvalue weighted by Crippen LogP contribution is 2.39. The zero-order valence-corrected chi connectivity index (χ0v) is 28.8. The zero-order chi connectivity index (χ0) is 31.5. The SMILES string of the molecule is CC(C)(C)OC(=O)N(CC1CC1)CC(Cn1cnc2cc(F)cc(B3OC(C)(C)C(C)(C)O3)c21)O[Si](C)(C)C(C)(C)C. The van der Waals surface area contributed by atoms with Crippen LogP contribution in [0.3, 0.4) is 0 Å². The molecule has 1 aliphatic heterocycles. The molecule has 42 heavy (non-hydrogen) atoms. The molecule has 0 bridgehead atoms. The van der Waals surface area contributed by atoms with Crippen molar-refractivity contribution < 1.29 is 27.7 Å². The molecule has 1 atom stereocenters. The lowest BCUT2D eigenvalue weighted by Gasteiger charge is -2.40. The Morgan fingerprint density at radius 3 is 2.26 bits per heavy atom. The predicted molar refractivity (Wildman–Crippen MR) is 168 cm³/mol. The van der Waals surface area contributed by atoms with Crippen molar-refractivity contribution in [1.29, 1.82) is 0 Å². The first-order valence-electron chi connectivity index (χ1n) is 15.2. The number of hydrogen-bond donors (Lipinski definition) is 0. The van der Waals surface area contributed by atoms with Crippen LogP contribution in [0.5, 0.6) is 0 Å². The van der Waals surface area contributed by atoms with Crippen molar-refractivity contribution in [3.05, 3.63) is 24.3 Å². The average Bonchev–Trinajstić information content (AvgIpc) is 3.48. The first kappa shape index (κ1) is 33.0. The molecule has 2 aliphatic rings.